The van der Waals surface area contributed by atoms with Gasteiger partial charge in [0.2, 0.25) is 11.1 Å². The molecule has 0 saturated carbocycles. The first-order valence-electron chi connectivity index (χ1n) is 7.83. The molecule has 1 atom stereocenters. The van der Waals surface area contributed by atoms with Gasteiger partial charge in [0.25, 0.3) is 0 Å². The maximum absolute atomic E-state index is 12.2. The van der Waals surface area contributed by atoms with Gasteiger partial charge in [-0.1, -0.05) is 35.5 Å². The van der Waals surface area contributed by atoms with Crippen molar-refractivity contribution in [3.63, 3.8) is 0 Å². The fourth-order valence-corrected chi connectivity index (χ4v) is 3.21. The molecule has 0 unspecified atom stereocenters. The van der Waals surface area contributed by atoms with Crippen molar-refractivity contribution < 1.29 is 4.79 Å². The smallest absolute Gasteiger partial charge is 0.230 e. The van der Waals surface area contributed by atoms with Crippen molar-refractivity contribution >= 4 is 29.3 Å². The molecule has 0 aliphatic heterocycles. The zero-order valence-electron chi connectivity index (χ0n) is 14.0. The Balaban J connectivity index is 1.59. The van der Waals surface area contributed by atoms with E-state index in [2.05, 4.69) is 20.5 Å². The second-order valence-corrected chi connectivity index (χ2v) is 6.93. The summed E-state index contributed by atoms with van der Waals surface area (Å²) in [7, 11) is 0. The van der Waals surface area contributed by atoms with Crippen LogP contribution in [0.3, 0.4) is 0 Å². The average molecular weight is 389 g/mol. The summed E-state index contributed by atoms with van der Waals surface area (Å²) in [4.78, 5) is 16.2. The number of benzene rings is 1. The van der Waals surface area contributed by atoms with Gasteiger partial charge in [-0.3, -0.25) is 9.78 Å². The van der Waals surface area contributed by atoms with Gasteiger partial charge in [-0.25, -0.2) is 4.68 Å². The predicted octanol–water partition coefficient (Wildman–Crippen LogP) is 2.68. The molecule has 0 fully saturated rings. The Morgan fingerprint density at radius 3 is 2.92 bits per heavy atom. The van der Waals surface area contributed by atoms with Crippen LogP contribution in [-0.2, 0) is 4.79 Å². The Bertz CT molecular complexity index is 901. The molecule has 3 rings (SSSR count). The SMILES string of the molecule is C[C@@H](NC(=O)CSc1nnc(-c2cccnc2)n1N)c1cccc(Cl)c1. The number of nitrogens with two attached hydrogens (primary N) is 1. The first-order valence-corrected chi connectivity index (χ1v) is 9.19. The number of thioether (sulfide) groups is 1. The number of carbonyl (C=O) groups excluding carboxylic acids is 1. The minimum atomic E-state index is -0.150. The van der Waals surface area contributed by atoms with E-state index in [0.717, 1.165) is 11.1 Å². The molecule has 1 aromatic carbocycles. The van der Waals surface area contributed by atoms with Gasteiger partial charge < -0.3 is 11.2 Å². The van der Waals surface area contributed by atoms with E-state index in [1.807, 2.05) is 31.2 Å². The molecule has 0 saturated heterocycles. The molecule has 1 amide bonds. The summed E-state index contributed by atoms with van der Waals surface area (Å²) in [5, 5.41) is 12.1. The van der Waals surface area contributed by atoms with Crippen LogP contribution < -0.4 is 11.2 Å². The van der Waals surface area contributed by atoms with Crippen LogP contribution in [0.5, 0.6) is 0 Å². The van der Waals surface area contributed by atoms with E-state index in [4.69, 9.17) is 17.4 Å². The molecule has 0 aliphatic carbocycles. The van der Waals surface area contributed by atoms with Crippen LogP contribution in [-0.4, -0.2) is 31.5 Å². The highest BCUT2D eigenvalue weighted by Gasteiger charge is 2.15. The maximum Gasteiger partial charge on any atom is 0.230 e. The Kier molecular flexibility index (Phi) is 5.75. The molecule has 0 aliphatic rings. The predicted molar refractivity (Wildman–Crippen MR) is 102 cm³/mol. The minimum absolute atomic E-state index is 0.131. The summed E-state index contributed by atoms with van der Waals surface area (Å²) >= 11 is 7.20. The van der Waals surface area contributed by atoms with Gasteiger partial charge in [0.15, 0.2) is 5.82 Å². The lowest BCUT2D eigenvalue weighted by atomic mass is 10.1. The molecule has 26 heavy (non-hydrogen) atoms. The Labute approximate surface area is 159 Å². The summed E-state index contributed by atoms with van der Waals surface area (Å²) in [6, 6.07) is 10.9. The highest BCUT2D eigenvalue weighted by Crippen LogP contribution is 2.21. The number of nitrogen functional groups attached to an aromatic ring is 1. The molecule has 3 aromatic rings. The van der Waals surface area contributed by atoms with Crippen LogP contribution in [0.1, 0.15) is 18.5 Å². The second-order valence-electron chi connectivity index (χ2n) is 5.55. The summed E-state index contributed by atoms with van der Waals surface area (Å²) in [5.74, 6) is 6.56. The molecular weight excluding hydrogens is 372 g/mol. The van der Waals surface area contributed by atoms with E-state index < -0.39 is 0 Å². The van der Waals surface area contributed by atoms with Gasteiger partial charge >= 0.3 is 0 Å². The van der Waals surface area contributed by atoms with Crippen LogP contribution in [0.25, 0.3) is 11.4 Å². The normalized spacial score (nSPS) is 11.9. The number of rotatable bonds is 6. The molecule has 7 nitrogen and oxygen atoms in total. The minimum Gasteiger partial charge on any atom is -0.349 e. The Hall–Kier alpha value is -2.58. The van der Waals surface area contributed by atoms with Gasteiger partial charge in [-0.15, -0.1) is 10.2 Å². The number of carbonyl (C=O) groups is 1. The Morgan fingerprint density at radius 1 is 1.35 bits per heavy atom. The lowest BCUT2D eigenvalue weighted by Crippen LogP contribution is -2.28. The van der Waals surface area contributed by atoms with Crippen LogP contribution in [0, 0.1) is 0 Å². The van der Waals surface area contributed by atoms with Crippen molar-refractivity contribution in [1.29, 1.82) is 0 Å². The van der Waals surface area contributed by atoms with Gasteiger partial charge in [0.1, 0.15) is 0 Å². The molecule has 134 valence electrons. The van der Waals surface area contributed by atoms with E-state index in [9.17, 15) is 4.79 Å². The first kappa shape index (κ1) is 18.2. The number of nitrogens with one attached hydrogen (secondary N) is 1. The van der Waals surface area contributed by atoms with Crippen LogP contribution >= 0.6 is 23.4 Å². The van der Waals surface area contributed by atoms with Crippen molar-refractivity contribution in [2.24, 2.45) is 0 Å². The van der Waals surface area contributed by atoms with Crippen molar-refractivity contribution in [2.45, 2.75) is 18.1 Å². The number of aromatic nitrogens is 4. The van der Waals surface area contributed by atoms with E-state index in [1.54, 1.807) is 24.5 Å². The third-order valence-electron chi connectivity index (χ3n) is 3.64. The van der Waals surface area contributed by atoms with Crippen LogP contribution in [0.15, 0.2) is 53.9 Å². The van der Waals surface area contributed by atoms with Crippen molar-refractivity contribution in [3.05, 3.63) is 59.4 Å². The van der Waals surface area contributed by atoms with Gasteiger partial charge in [0.05, 0.1) is 11.8 Å². The lowest BCUT2D eigenvalue weighted by molar-refractivity contribution is -0.119. The standard InChI is InChI=1S/C17H17ClN6OS/c1-11(12-4-2-6-14(18)8-12)21-15(25)10-26-17-23-22-16(24(17)19)13-5-3-7-20-9-13/h2-9,11H,10,19H2,1H3,(H,21,25)/t11-/m1/s1. The summed E-state index contributed by atoms with van der Waals surface area (Å²) < 4.78 is 1.36. The first-order chi connectivity index (χ1) is 12.5. The fraction of sp³-hybridized carbons (Fsp3) is 0.176. The van der Waals surface area contributed by atoms with Gasteiger partial charge in [-0.05, 0) is 36.8 Å². The van der Waals surface area contributed by atoms with E-state index in [-0.39, 0.29) is 17.7 Å². The molecule has 2 heterocycles. The lowest BCUT2D eigenvalue weighted by Gasteiger charge is -2.14. The number of nitrogens with zero attached hydrogens (tertiary/aromatic N) is 4. The van der Waals surface area contributed by atoms with E-state index in [0.29, 0.717) is 16.0 Å². The van der Waals surface area contributed by atoms with Crippen LogP contribution in [0.2, 0.25) is 5.02 Å². The number of hydrogen-bond donors (Lipinski definition) is 2. The van der Waals surface area contributed by atoms with E-state index in [1.165, 1.54) is 16.4 Å². The van der Waals surface area contributed by atoms with Crippen molar-refractivity contribution in [2.75, 3.05) is 11.6 Å². The molecule has 9 heteroatoms. The number of halogens is 1. The summed E-state index contributed by atoms with van der Waals surface area (Å²) in [6.45, 7) is 1.90. The quantitative estimate of drug-likeness (QED) is 0.497. The monoisotopic (exact) mass is 388 g/mol. The zero-order chi connectivity index (χ0) is 18.5. The summed E-state index contributed by atoms with van der Waals surface area (Å²) in [6.07, 6.45) is 3.32. The Morgan fingerprint density at radius 2 is 2.19 bits per heavy atom. The third kappa shape index (κ3) is 4.33. The van der Waals surface area contributed by atoms with Gasteiger partial charge in [-0.2, -0.15) is 0 Å². The average Bonchev–Trinajstić information content (AvgIpc) is 3.01. The molecule has 2 aromatic heterocycles. The molecule has 3 N–H and O–H groups in total. The fourth-order valence-electron chi connectivity index (χ4n) is 2.34. The largest absolute Gasteiger partial charge is 0.349 e. The number of amides is 1. The second kappa shape index (κ2) is 8.20. The molecule has 0 spiro atoms. The molecular formula is C17H17ClN6OS. The van der Waals surface area contributed by atoms with Crippen LogP contribution in [0.4, 0.5) is 0 Å². The van der Waals surface area contributed by atoms with Crippen molar-refractivity contribution in [1.82, 2.24) is 25.2 Å². The zero-order valence-corrected chi connectivity index (χ0v) is 15.5. The molecule has 0 bridgehead atoms. The number of pyridine rings is 1. The highest BCUT2D eigenvalue weighted by atomic mass is 35.5. The summed E-state index contributed by atoms with van der Waals surface area (Å²) in [5.41, 5.74) is 1.70. The highest BCUT2D eigenvalue weighted by molar-refractivity contribution is 7.99. The van der Waals surface area contributed by atoms with E-state index >= 15 is 0 Å². The topological polar surface area (TPSA) is 98.7 Å². The number of hydrogen-bond acceptors (Lipinski definition) is 6. The van der Waals surface area contributed by atoms with Gasteiger partial charge in [0, 0.05) is 23.0 Å². The van der Waals surface area contributed by atoms with Crippen molar-refractivity contribution in [3.8, 4) is 11.4 Å². The molecule has 0 radical (unpaired) electrons. The third-order valence-corrected chi connectivity index (χ3v) is 4.82. The maximum atomic E-state index is 12.2.